The number of likely N-dealkylation sites (tertiary alicyclic amines) is 1. The van der Waals surface area contributed by atoms with Crippen molar-refractivity contribution in [1.29, 1.82) is 0 Å². The number of amides is 3. The van der Waals surface area contributed by atoms with E-state index in [4.69, 9.17) is 4.74 Å². The predicted molar refractivity (Wildman–Crippen MR) is 122 cm³/mol. The van der Waals surface area contributed by atoms with Gasteiger partial charge >= 0.3 is 6.03 Å². The van der Waals surface area contributed by atoms with E-state index >= 15 is 0 Å². The highest BCUT2D eigenvalue weighted by Gasteiger charge is 2.48. The van der Waals surface area contributed by atoms with E-state index in [0.717, 1.165) is 43.5 Å². The molecule has 2 aromatic rings. The van der Waals surface area contributed by atoms with Gasteiger partial charge in [0.2, 0.25) is 5.91 Å². The van der Waals surface area contributed by atoms with Gasteiger partial charge in [0.05, 0.1) is 25.1 Å². The van der Waals surface area contributed by atoms with Gasteiger partial charge in [-0.1, -0.05) is 36.4 Å². The summed E-state index contributed by atoms with van der Waals surface area (Å²) in [4.78, 5) is 30.8. The lowest BCUT2D eigenvalue weighted by molar-refractivity contribution is -0.148. The number of nitrogens with one attached hydrogen (secondary N) is 1. The van der Waals surface area contributed by atoms with Crippen LogP contribution in [0.1, 0.15) is 55.0 Å². The van der Waals surface area contributed by atoms with Crippen LogP contribution in [0.2, 0.25) is 0 Å². The zero-order valence-electron chi connectivity index (χ0n) is 18.8. The van der Waals surface area contributed by atoms with Crippen molar-refractivity contribution in [1.82, 2.24) is 15.1 Å². The maximum Gasteiger partial charge on any atom is 0.318 e. The topological polar surface area (TPSA) is 61.9 Å². The van der Waals surface area contributed by atoms with Gasteiger partial charge in [0.25, 0.3) is 0 Å². The highest BCUT2D eigenvalue weighted by Crippen LogP contribution is 2.43. The fourth-order valence-corrected chi connectivity index (χ4v) is 5.74. The highest BCUT2D eigenvalue weighted by molar-refractivity contribution is 5.83. The largest absolute Gasteiger partial charge is 0.497 e. The van der Waals surface area contributed by atoms with Crippen LogP contribution in [-0.4, -0.2) is 48.0 Å². The minimum absolute atomic E-state index is 0.0493. The number of hydrogen-bond donors (Lipinski definition) is 1. The Bertz CT molecular complexity index is 1010. The Morgan fingerprint density at radius 3 is 2.69 bits per heavy atom. The molecule has 6 nitrogen and oxygen atoms in total. The Morgan fingerprint density at radius 2 is 1.91 bits per heavy atom. The van der Waals surface area contributed by atoms with Crippen molar-refractivity contribution in [3.05, 3.63) is 65.2 Å². The van der Waals surface area contributed by atoms with E-state index in [-0.39, 0.29) is 36.0 Å². The van der Waals surface area contributed by atoms with Crippen molar-refractivity contribution in [2.45, 2.75) is 50.7 Å². The second-order valence-corrected chi connectivity index (χ2v) is 9.19. The molecule has 0 bridgehead atoms. The molecule has 2 fully saturated rings. The Morgan fingerprint density at radius 1 is 1.12 bits per heavy atom. The Kier molecular flexibility index (Phi) is 5.53. The van der Waals surface area contributed by atoms with Crippen LogP contribution in [0.4, 0.5) is 4.79 Å². The molecule has 168 valence electrons. The van der Waals surface area contributed by atoms with Gasteiger partial charge in [0.15, 0.2) is 0 Å². The van der Waals surface area contributed by atoms with Crippen LogP contribution in [-0.2, 0) is 11.2 Å². The van der Waals surface area contributed by atoms with E-state index in [1.165, 1.54) is 11.1 Å². The van der Waals surface area contributed by atoms with Crippen LogP contribution in [0.3, 0.4) is 0 Å². The van der Waals surface area contributed by atoms with E-state index in [2.05, 4.69) is 34.5 Å². The van der Waals surface area contributed by atoms with Crippen LogP contribution < -0.4 is 10.1 Å². The number of nitrogens with zero attached hydrogens (tertiary/aromatic N) is 2. The van der Waals surface area contributed by atoms with Crippen molar-refractivity contribution in [3.8, 4) is 5.75 Å². The number of fused-ring (bicyclic) bond motifs is 4. The normalized spacial score (nSPS) is 25.3. The first kappa shape index (κ1) is 20.9. The number of piperidine rings is 2. The van der Waals surface area contributed by atoms with Crippen molar-refractivity contribution in [3.63, 3.8) is 0 Å². The summed E-state index contributed by atoms with van der Waals surface area (Å²) in [6.07, 6.45) is 3.47. The number of methoxy groups -OCH3 is 1. The average molecular weight is 434 g/mol. The van der Waals surface area contributed by atoms with Gasteiger partial charge in [-0.05, 0) is 61.4 Å². The van der Waals surface area contributed by atoms with Gasteiger partial charge in [0, 0.05) is 19.1 Å². The molecule has 0 unspecified atom stereocenters. The van der Waals surface area contributed by atoms with Crippen molar-refractivity contribution < 1.29 is 14.3 Å². The van der Waals surface area contributed by atoms with Crippen LogP contribution in [0.15, 0.2) is 48.5 Å². The molecule has 0 aliphatic carbocycles. The van der Waals surface area contributed by atoms with Crippen molar-refractivity contribution in [2.24, 2.45) is 5.92 Å². The third kappa shape index (κ3) is 3.61. The number of ether oxygens (including phenoxy) is 1. The van der Waals surface area contributed by atoms with E-state index < -0.39 is 0 Å². The van der Waals surface area contributed by atoms with Gasteiger partial charge in [0.1, 0.15) is 5.75 Å². The molecule has 5 rings (SSSR count). The van der Waals surface area contributed by atoms with Crippen LogP contribution in [0.5, 0.6) is 5.75 Å². The Labute approximate surface area is 189 Å². The van der Waals surface area contributed by atoms with Crippen LogP contribution in [0, 0.1) is 5.92 Å². The quantitative estimate of drug-likeness (QED) is 0.794. The molecule has 6 heteroatoms. The number of carbonyl (C=O) groups is 2. The van der Waals surface area contributed by atoms with Gasteiger partial charge in [-0.3, -0.25) is 4.79 Å². The number of hydrogen-bond acceptors (Lipinski definition) is 3. The fourth-order valence-electron chi connectivity index (χ4n) is 5.74. The number of benzene rings is 2. The number of carbonyl (C=O) groups excluding carboxylic acids is 2. The first-order valence-corrected chi connectivity index (χ1v) is 11.7. The molecule has 1 N–H and O–H groups in total. The van der Waals surface area contributed by atoms with Gasteiger partial charge < -0.3 is 19.9 Å². The average Bonchev–Trinajstić information content (AvgIpc) is 2.83. The minimum Gasteiger partial charge on any atom is -0.497 e. The molecule has 32 heavy (non-hydrogen) atoms. The molecule has 3 amide bonds. The standard InChI is InChI=1S/C26H31N3O3/c1-17(18-9-11-20(32-2)12-10-18)27-26(31)29-14-5-8-22-24(29)16-23-21-7-4-3-6-19(21)13-15-28(23)25(22)30/h3-4,6-7,9-12,17,22-24H,5,8,13-16H2,1-2H3,(H,27,31)/t17-,22+,23-,24+/m1/s1. The smallest absolute Gasteiger partial charge is 0.318 e. The van der Waals surface area contributed by atoms with Crippen molar-refractivity contribution >= 4 is 11.9 Å². The second kappa shape index (κ2) is 8.49. The summed E-state index contributed by atoms with van der Waals surface area (Å²) >= 11 is 0. The lowest BCUT2D eigenvalue weighted by Crippen LogP contribution is -2.61. The van der Waals surface area contributed by atoms with E-state index in [1.807, 2.05) is 36.1 Å². The molecule has 0 saturated carbocycles. The second-order valence-electron chi connectivity index (χ2n) is 9.19. The lowest BCUT2D eigenvalue weighted by Gasteiger charge is -2.51. The zero-order chi connectivity index (χ0) is 22.2. The molecule has 2 aromatic carbocycles. The Hall–Kier alpha value is -3.02. The first-order valence-electron chi connectivity index (χ1n) is 11.7. The zero-order valence-corrected chi connectivity index (χ0v) is 18.8. The summed E-state index contributed by atoms with van der Waals surface area (Å²) in [7, 11) is 1.64. The molecule has 4 atom stereocenters. The highest BCUT2D eigenvalue weighted by atomic mass is 16.5. The van der Waals surface area contributed by atoms with Crippen molar-refractivity contribution in [2.75, 3.05) is 20.2 Å². The first-order chi connectivity index (χ1) is 15.6. The molecule has 2 saturated heterocycles. The SMILES string of the molecule is COc1ccc([C@@H](C)NC(=O)N2CCC[C@@H]3C(=O)N4CCc5ccccc5[C@H]4C[C@@H]32)cc1. The monoisotopic (exact) mass is 433 g/mol. The number of rotatable bonds is 3. The van der Waals surface area contributed by atoms with E-state index in [0.29, 0.717) is 6.54 Å². The fraction of sp³-hybridized carbons (Fsp3) is 0.462. The maximum absolute atomic E-state index is 13.4. The molecule has 3 aliphatic rings. The summed E-state index contributed by atoms with van der Waals surface area (Å²) in [5.41, 5.74) is 3.61. The molecule has 3 aliphatic heterocycles. The minimum atomic E-state index is -0.125. The summed E-state index contributed by atoms with van der Waals surface area (Å²) in [5, 5.41) is 3.16. The van der Waals surface area contributed by atoms with Crippen LogP contribution >= 0.6 is 0 Å². The van der Waals surface area contributed by atoms with Gasteiger partial charge in [-0.15, -0.1) is 0 Å². The molecular weight excluding hydrogens is 402 g/mol. The molecule has 3 heterocycles. The van der Waals surface area contributed by atoms with Gasteiger partial charge in [-0.2, -0.15) is 0 Å². The summed E-state index contributed by atoms with van der Waals surface area (Å²) in [6.45, 7) is 3.47. The molecule has 0 spiro atoms. The summed E-state index contributed by atoms with van der Waals surface area (Å²) < 4.78 is 5.23. The molecule has 0 radical (unpaired) electrons. The molecular formula is C26H31N3O3. The van der Waals surface area contributed by atoms with E-state index in [1.54, 1.807) is 7.11 Å². The third-order valence-corrected chi connectivity index (χ3v) is 7.47. The molecule has 0 aromatic heterocycles. The van der Waals surface area contributed by atoms with E-state index in [9.17, 15) is 9.59 Å². The summed E-state index contributed by atoms with van der Waals surface area (Å²) in [6, 6.07) is 16.0. The Balaban J connectivity index is 1.35. The third-order valence-electron chi connectivity index (χ3n) is 7.47. The lowest BCUT2D eigenvalue weighted by atomic mass is 9.76. The van der Waals surface area contributed by atoms with Crippen LogP contribution in [0.25, 0.3) is 0 Å². The predicted octanol–water partition coefficient (Wildman–Crippen LogP) is 4.08. The van der Waals surface area contributed by atoms with Gasteiger partial charge in [-0.25, -0.2) is 4.79 Å². The maximum atomic E-state index is 13.4. The summed E-state index contributed by atoms with van der Waals surface area (Å²) in [5.74, 6) is 0.929. The number of urea groups is 1.